The molecular formula is C22H24N2O3. The van der Waals surface area contributed by atoms with Gasteiger partial charge in [-0.2, -0.15) is 0 Å². The Bertz CT molecular complexity index is 889. The van der Waals surface area contributed by atoms with Crippen molar-refractivity contribution < 1.29 is 14.4 Å². The normalized spacial score (nSPS) is 13.6. The zero-order chi connectivity index (χ0) is 19.4. The number of nitrogens with two attached hydrogens (primary N) is 1. The number of carbonyl (C=O) groups is 3. The number of aryl methyl sites for hydroxylation is 2. The van der Waals surface area contributed by atoms with Crippen molar-refractivity contribution in [1.82, 2.24) is 0 Å². The molecule has 1 aliphatic carbocycles. The average molecular weight is 364 g/mol. The third kappa shape index (κ3) is 4.42. The van der Waals surface area contributed by atoms with E-state index >= 15 is 0 Å². The maximum absolute atomic E-state index is 13.2. The molecule has 0 spiro atoms. The van der Waals surface area contributed by atoms with E-state index in [9.17, 15) is 14.4 Å². The van der Waals surface area contributed by atoms with Gasteiger partial charge in [0.15, 0.2) is 5.78 Å². The third-order valence-corrected chi connectivity index (χ3v) is 4.89. The van der Waals surface area contributed by atoms with Crippen LogP contribution in [0.15, 0.2) is 42.5 Å². The summed E-state index contributed by atoms with van der Waals surface area (Å²) in [6.45, 7) is 2.17. The number of anilines is 1. The molecule has 0 aliphatic heterocycles. The van der Waals surface area contributed by atoms with Gasteiger partial charge < -0.3 is 10.6 Å². The van der Waals surface area contributed by atoms with Gasteiger partial charge in [-0.05, 0) is 61.6 Å². The fourth-order valence-corrected chi connectivity index (χ4v) is 3.46. The van der Waals surface area contributed by atoms with Crippen molar-refractivity contribution in [2.24, 2.45) is 5.73 Å². The number of amides is 2. The van der Waals surface area contributed by atoms with E-state index in [1.165, 1.54) is 0 Å². The Hall–Kier alpha value is -2.95. The van der Waals surface area contributed by atoms with E-state index in [0.717, 1.165) is 41.6 Å². The van der Waals surface area contributed by atoms with Crippen LogP contribution in [0.2, 0.25) is 0 Å². The summed E-state index contributed by atoms with van der Waals surface area (Å²) < 4.78 is 0. The number of nitrogens with zero attached hydrogens (tertiary/aromatic N) is 1. The maximum atomic E-state index is 13.2. The molecule has 3 rings (SSSR count). The summed E-state index contributed by atoms with van der Waals surface area (Å²) in [5, 5.41) is 0. The van der Waals surface area contributed by atoms with Crippen molar-refractivity contribution in [2.75, 3.05) is 11.4 Å². The van der Waals surface area contributed by atoms with Crippen LogP contribution in [0, 0.1) is 6.92 Å². The number of hydrogen-bond donors (Lipinski definition) is 1. The van der Waals surface area contributed by atoms with Crippen molar-refractivity contribution in [3.63, 3.8) is 0 Å². The molecule has 2 aromatic rings. The molecule has 0 aromatic heterocycles. The van der Waals surface area contributed by atoms with E-state index in [-0.39, 0.29) is 24.7 Å². The number of rotatable bonds is 5. The van der Waals surface area contributed by atoms with Crippen LogP contribution in [0.1, 0.15) is 57.5 Å². The van der Waals surface area contributed by atoms with Crippen LogP contribution < -0.4 is 10.6 Å². The van der Waals surface area contributed by atoms with Gasteiger partial charge in [-0.1, -0.05) is 18.2 Å². The molecule has 2 N–H and O–H groups in total. The lowest BCUT2D eigenvalue weighted by atomic mass is 9.98. The lowest BCUT2D eigenvalue weighted by molar-refractivity contribution is -0.117. The predicted octanol–water partition coefficient (Wildman–Crippen LogP) is 3.43. The van der Waals surface area contributed by atoms with Crippen molar-refractivity contribution in [2.45, 2.75) is 39.0 Å². The smallest absolute Gasteiger partial charge is 0.258 e. The van der Waals surface area contributed by atoms with Gasteiger partial charge in [0.2, 0.25) is 5.91 Å². The van der Waals surface area contributed by atoms with E-state index in [4.69, 9.17) is 5.73 Å². The summed E-state index contributed by atoms with van der Waals surface area (Å²) in [5.74, 6) is -0.500. The quantitative estimate of drug-likeness (QED) is 0.826. The first-order valence-electron chi connectivity index (χ1n) is 9.28. The molecule has 0 heterocycles. The van der Waals surface area contributed by atoms with E-state index in [0.29, 0.717) is 12.0 Å². The van der Waals surface area contributed by atoms with Crippen LogP contribution in [-0.4, -0.2) is 24.1 Å². The van der Waals surface area contributed by atoms with Crippen molar-refractivity contribution in [3.8, 4) is 0 Å². The molecule has 0 atom stereocenters. The second-order valence-electron chi connectivity index (χ2n) is 7.01. The van der Waals surface area contributed by atoms with E-state index < -0.39 is 5.91 Å². The van der Waals surface area contributed by atoms with Crippen LogP contribution in [0.25, 0.3) is 0 Å². The number of fused-ring (bicyclic) bond motifs is 1. The summed E-state index contributed by atoms with van der Waals surface area (Å²) >= 11 is 0. The molecule has 27 heavy (non-hydrogen) atoms. The molecule has 140 valence electrons. The molecule has 0 fully saturated rings. The minimum atomic E-state index is -0.451. The molecule has 2 aromatic carbocycles. The number of ketones is 1. The Morgan fingerprint density at radius 3 is 2.59 bits per heavy atom. The third-order valence-electron chi connectivity index (χ3n) is 4.89. The molecule has 5 nitrogen and oxygen atoms in total. The van der Waals surface area contributed by atoms with E-state index in [1.54, 1.807) is 17.0 Å². The highest BCUT2D eigenvalue weighted by molar-refractivity contribution is 6.07. The summed E-state index contributed by atoms with van der Waals surface area (Å²) in [6.07, 6.45) is 3.27. The minimum Gasteiger partial charge on any atom is -0.370 e. The lowest BCUT2D eigenvalue weighted by Gasteiger charge is -2.23. The van der Waals surface area contributed by atoms with Gasteiger partial charge in [-0.3, -0.25) is 14.4 Å². The van der Waals surface area contributed by atoms with Gasteiger partial charge >= 0.3 is 0 Å². The first-order valence-corrected chi connectivity index (χ1v) is 9.28. The van der Waals surface area contributed by atoms with Gasteiger partial charge in [-0.25, -0.2) is 0 Å². The molecular weight excluding hydrogens is 340 g/mol. The number of benzene rings is 2. The second kappa shape index (κ2) is 8.16. The van der Waals surface area contributed by atoms with Crippen LogP contribution in [0.3, 0.4) is 0 Å². The molecule has 0 bridgehead atoms. The van der Waals surface area contributed by atoms with Gasteiger partial charge in [0, 0.05) is 36.2 Å². The van der Waals surface area contributed by atoms with Gasteiger partial charge in [0.1, 0.15) is 0 Å². The Morgan fingerprint density at radius 1 is 1.07 bits per heavy atom. The highest BCUT2D eigenvalue weighted by Gasteiger charge is 2.22. The first-order chi connectivity index (χ1) is 13.0. The number of hydrogen-bond acceptors (Lipinski definition) is 3. The molecule has 1 aliphatic rings. The monoisotopic (exact) mass is 364 g/mol. The lowest BCUT2D eigenvalue weighted by Crippen LogP contribution is -2.34. The van der Waals surface area contributed by atoms with Crippen LogP contribution in [0.5, 0.6) is 0 Å². The van der Waals surface area contributed by atoms with Crippen molar-refractivity contribution in [3.05, 3.63) is 64.7 Å². The maximum Gasteiger partial charge on any atom is 0.258 e. The SMILES string of the molecule is Cc1cccc(N(CCC(N)=O)C(=O)c2ccc3c(c2)CCCCC3=O)c1. The largest absolute Gasteiger partial charge is 0.370 e. The average Bonchev–Trinajstić information content (AvgIpc) is 2.82. The second-order valence-corrected chi connectivity index (χ2v) is 7.01. The molecule has 0 radical (unpaired) electrons. The molecule has 0 saturated heterocycles. The summed E-state index contributed by atoms with van der Waals surface area (Å²) in [6, 6.07) is 12.9. The van der Waals surface area contributed by atoms with E-state index in [2.05, 4.69) is 0 Å². The Kier molecular flexibility index (Phi) is 5.69. The minimum absolute atomic E-state index is 0.0864. The molecule has 2 amide bonds. The highest BCUT2D eigenvalue weighted by Crippen LogP contribution is 2.24. The van der Waals surface area contributed by atoms with Crippen molar-refractivity contribution in [1.29, 1.82) is 0 Å². The predicted molar refractivity (Wildman–Crippen MR) is 105 cm³/mol. The summed E-state index contributed by atoms with van der Waals surface area (Å²) in [7, 11) is 0. The fraction of sp³-hybridized carbons (Fsp3) is 0.318. The Balaban J connectivity index is 1.95. The van der Waals surface area contributed by atoms with Crippen LogP contribution in [-0.2, 0) is 11.2 Å². The number of carbonyl (C=O) groups excluding carboxylic acids is 3. The molecule has 0 unspecified atom stereocenters. The molecule has 0 saturated carbocycles. The Labute approximate surface area is 159 Å². The van der Waals surface area contributed by atoms with Gasteiger partial charge in [0.05, 0.1) is 0 Å². The number of primary amides is 1. The first kappa shape index (κ1) is 18.8. The van der Waals surface area contributed by atoms with Gasteiger partial charge in [-0.15, -0.1) is 0 Å². The zero-order valence-corrected chi connectivity index (χ0v) is 15.5. The molecule has 5 heteroatoms. The standard InChI is InChI=1S/C22H24N2O3/c1-15-5-4-7-18(13-15)24(12-11-21(23)26)22(27)17-9-10-19-16(14-17)6-2-3-8-20(19)25/h4-5,7,9-10,13-14H,2-3,6,8,11-12H2,1H3,(H2,23,26). The van der Waals surface area contributed by atoms with Crippen LogP contribution in [0.4, 0.5) is 5.69 Å². The summed E-state index contributed by atoms with van der Waals surface area (Å²) in [4.78, 5) is 38.3. The summed E-state index contributed by atoms with van der Waals surface area (Å²) in [5.41, 5.74) is 9.23. The highest BCUT2D eigenvalue weighted by atomic mass is 16.2. The Morgan fingerprint density at radius 2 is 1.85 bits per heavy atom. The topological polar surface area (TPSA) is 80.5 Å². The zero-order valence-electron chi connectivity index (χ0n) is 15.5. The van der Waals surface area contributed by atoms with Crippen LogP contribution >= 0.6 is 0 Å². The van der Waals surface area contributed by atoms with Crippen molar-refractivity contribution >= 4 is 23.3 Å². The van der Waals surface area contributed by atoms with E-state index in [1.807, 2.05) is 37.3 Å². The number of Topliss-reactive ketones (excluding diaryl/α,β-unsaturated/α-hetero) is 1. The van der Waals surface area contributed by atoms with Gasteiger partial charge in [0.25, 0.3) is 5.91 Å². The fourth-order valence-electron chi connectivity index (χ4n) is 3.46.